The average molecular weight is 391 g/mol. The SMILES string of the molecule is O=C(O)C(=O)O.O=c1c2ccccc2cnn1CCOc1ccc(Cl)cc1. The van der Waals surface area contributed by atoms with E-state index < -0.39 is 11.9 Å². The number of carboxylic acids is 2. The zero-order valence-electron chi connectivity index (χ0n) is 13.9. The van der Waals surface area contributed by atoms with E-state index in [4.69, 9.17) is 36.1 Å². The number of carboxylic acid groups (broad SMARTS) is 2. The molecule has 0 radical (unpaired) electrons. The van der Waals surface area contributed by atoms with Crippen LogP contribution in [0.25, 0.3) is 10.8 Å². The summed E-state index contributed by atoms with van der Waals surface area (Å²) in [5.41, 5.74) is -0.104. The lowest BCUT2D eigenvalue weighted by Gasteiger charge is -2.08. The Morgan fingerprint density at radius 1 is 1.04 bits per heavy atom. The van der Waals surface area contributed by atoms with Crippen molar-refractivity contribution in [2.24, 2.45) is 0 Å². The van der Waals surface area contributed by atoms with Gasteiger partial charge in [-0.2, -0.15) is 5.10 Å². The lowest BCUT2D eigenvalue weighted by atomic mass is 10.2. The van der Waals surface area contributed by atoms with E-state index in [1.54, 1.807) is 36.5 Å². The number of aliphatic carboxylic acids is 2. The molecule has 0 saturated carbocycles. The van der Waals surface area contributed by atoms with Crippen LogP contribution in [0.2, 0.25) is 5.02 Å². The maximum atomic E-state index is 12.2. The number of benzene rings is 2. The normalized spacial score (nSPS) is 9.96. The molecule has 0 spiro atoms. The minimum absolute atomic E-state index is 0.104. The second-order valence-electron chi connectivity index (χ2n) is 5.17. The summed E-state index contributed by atoms with van der Waals surface area (Å²) in [6.07, 6.45) is 1.69. The van der Waals surface area contributed by atoms with Gasteiger partial charge in [0.05, 0.1) is 18.1 Å². The van der Waals surface area contributed by atoms with Gasteiger partial charge in [-0.25, -0.2) is 14.3 Å². The van der Waals surface area contributed by atoms with Crippen LogP contribution in [-0.4, -0.2) is 38.5 Å². The van der Waals surface area contributed by atoms with E-state index in [9.17, 15) is 4.79 Å². The van der Waals surface area contributed by atoms with E-state index in [2.05, 4.69) is 5.10 Å². The molecule has 2 aromatic carbocycles. The van der Waals surface area contributed by atoms with Crippen molar-refractivity contribution >= 4 is 34.3 Å². The Morgan fingerprint density at radius 2 is 1.67 bits per heavy atom. The summed E-state index contributed by atoms with van der Waals surface area (Å²) < 4.78 is 6.99. The molecule has 0 bridgehead atoms. The molecular formula is C18H15ClN2O6. The quantitative estimate of drug-likeness (QED) is 0.656. The molecule has 1 aromatic heterocycles. The molecule has 2 N–H and O–H groups in total. The molecule has 0 atom stereocenters. The second kappa shape index (κ2) is 9.35. The predicted molar refractivity (Wildman–Crippen MR) is 98.2 cm³/mol. The predicted octanol–water partition coefficient (Wildman–Crippen LogP) is 2.28. The summed E-state index contributed by atoms with van der Waals surface area (Å²) in [5, 5.41) is 21.1. The van der Waals surface area contributed by atoms with Crippen molar-refractivity contribution in [3.05, 3.63) is 70.1 Å². The van der Waals surface area contributed by atoms with Gasteiger partial charge in [0.15, 0.2) is 0 Å². The monoisotopic (exact) mass is 390 g/mol. The van der Waals surface area contributed by atoms with E-state index in [0.717, 1.165) is 5.39 Å². The highest BCUT2D eigenvalue weighted by molar-refractivity contribution is 6.30. The molecule has 3 aromatic rings. The minimum Gasteiger partial charge on any atom is -0.492 e. The van der Waals surface area contributed by atoms with E-state index in [-0.39, 0.29) is 5.56 Å². The van der Waals surface area contributed by atoms with Crippen molar-refractivity contribution in [3.63, 3.8) is 0 Å². The molecule has 3 rings (SSSR count). The number of ether oxygens (including phenoxy) is 1. The molecule has 140 valence electrons. The van der Waals surface area contributed by atoms with Gasteiger partial charge in [-0.15, -0.1) is 0 Å². The van der Waals surface area contributed by atoms with Crippen LogP contribution in [0.15, 0.2) is 59.5 Å². The number of hydrogen-bond acceptors (Lipinski definition) is 5. The van der Waals surface area contributed by atoms with Gasteiger partial charge in [0.2, 0.25) is 0 Å². The van der Waals surface area contributed by atoms with E-state index in [0.29, 0.717) is 29.3 Å². The first-order valence-corrected chi connectivity index (χ1v) is 8.05. The Balaban J connectivity index is 0.000000380. The number of rotatable bonds is 4. The van der Waals surface area contributed by atoms with Crippen LogP contribution in [0.4, 0.5) is 0 Å². The Bertz CT molecular complexity index is 989. The fourth-order valence-corrected chi connectivity index (χ4v) is 2.19. The molecule has 0 aliphatic heterocycles. The zero-order valence-corrected chi connectivity index (χ0v) is 14.7. The lowest BCUT2D eigenvalue weighted by Crippen LogP contribution is -2.25. The first-order chi connectivity index (χ1) is 12.9. The fourth-order valence-electron chi connectivity index (χ4n) is 2.07. The van der Waals surface area contributed by atoms with Crippen LogP contribution in [0, 0.1) is 0 Å². The Hall–Kier alpha value is -3.39. The molecule has 0 saturated heterocycles. The zero-order chi connectivity index (χ0) is 19.8. The minimum atomic E-state index is -1.82. The molecule has 0 aliphatic carbocycles. The summed E-state index contributed by atoms with van der Waals surface area (Å²) >= 11 is 5.81. The van der Waals surface area contributed by atoms with Gasteiger partial charge >= 0.3 is 11.9 Å². The maximum absolute atomic E-state index is 12.2. The van der Waals surface area contributed by atoms with Crippen LogP contribution < -0.4 is 10.3 Å². The van der Waals surface area contributed by atoms with Crippen LogP contribution in [0.5, 0.6) is 5.75 Å². The Kier molecular flexibility index (Phi) is 6.90. The van der Waals surface area contributed by atoms with Gasteiger partial charge in [-0.3, -0.25) is 4.79 Å². The van der Waals surface area contributed by atoms with Gasteiger partial charge in [0.25, 0.3) is 5.56 Å². The molecule has 0 amide bonds. The second-order valence-corrected chi connectivity index (χ2v) is 5.61. The number of carbonyl (C=O) groups is 2. The highest BCUT2D eigenvalue weighted by atomic mass is 35.5. The largest absolute Gasteiger partial charge is 0.492 e. The van der Waals surface area contributed by atoms with Crippen LogP contribution in [-0.2, 0) is 16.1 Å². The third kappa shape index (κ3) is 5.82. The highest BCUT2D eigenvalue weighted by Crippen LogP contribution is 2.15. The van der Waals surface area contributed by atoms with Crippen molar-refractivity contribution in [1.82, 2.24) is 9.78 Å². The summed E-state index contributed by atoms with van der Waals surface area (Å²) in [6, 6.07) is 14.5. The number of fused-ring (bicyclic) bond motifs is 1. The fraction of sp³-hybridized carbons (Fsp3) is 0.111. The van der Waals surface area contributed by atoms with Crippen LogP contribution in [0.1, 0.15) is 0 Å². The molecule has 1 heterocycles. The van der Waals surface area contributed by atoms with Gasteiger partial charge < -0.3 is 14.9 Å². The summed E-state index contributed by atoms with van der Waals surface area (Å²) in [7, 11) is 0. The molecule has 27 heavy (non-hydrogen) atoms. The van der Waals surface area contributed by atoms with Crippen molar-refractivity contribution < 1.29 is 24.5 Å². The third-order valence-corrected chi connectivity index (χ3v) is 3.58. The molecule has 0 aliphatic rings. The van der Waals surface area contributed by atoms with Crippen molar-refractivity contribution in [2.45, 2.75) is 6.54 Å². The highest BCUT2D eigenvalue weighted by Gasteiger charge is 2.04. The third-order valence-electron chi connectivity index (χ3n) is 3.33. The molecule has 8 nitrogen and oxygen atoms in total. The van der Waals surface area contributed by atoms with Crippen molar-refractivity contribution in [2.75, 3.05) is 6.61 Å². The topological polar surface area (TPSA) is 119 Å². The Labute approximate surface area is 158 Å². The molecule has 9 heteroatoms. The van der Waals surface area contributed by atoms with Gasteiger partial charge in [-0.05, 0) is 30.3 Å². The Morgan fingerprint density at radius 3 is 2.30 bits per heavy atom. The molecule has 0 fully saturated rings. The van der Waals surface area contributed by atoms with Crippen molar-refractivity contribution in [3.8, 4) is 5.75 Å². The average Bonchev–Trinajstić information content (AvgIpc) is 2.66. The molecular weight excluding hydrogens is 376 g/mol. The summed E-state index contributed by atoms with van der Waals surface area (Å²) in [6.45, 7) is 0.763. The number of nitrogens with zero attached hydrogens (tertiary/aromatic N) is 2. The van der Waals surface area contributed by atoms with Gasteiger partial charge in [-0.1, -0.05) is 29.8 Å². The van der Waals surface area contributed by atoms with E-state index >= 15 is 0 Å². The number of halogens is 1. The standard InChI is InChI=1S/C16H13ClN2O2.C2H2O4/c17-13-5-7-14(8-6-13)21-10-9-19-16(20)15-4-2-1-3-12(15)11-18-19;3-1(4)2(5)6/h1-8,11H,9-10H2;(H,3,4)(H,5,6). The van der Waals surface area contributed by atoms with Crippen molar-refractivity contribution in [1.29, 1.82) is 0 Å². The van der Waals surface area contributed by atoms with Gasteiger partial charge in [0, 0.05) is 10.4 Å². The summed E-state index contributed by atoms with van der Waals surface area (Å²) in [4.78, 5) is 30.4. The number of hydrogen-bond donors (Lipinski definition) is 2. The molecule has 0 unspecified atom stereocenters. The first kappa shape index (κ1) is 19.9. The van der Waals surface area contributed by atoms with E-state index in [1.807, 2.05) is 18.2 Å². The lowest BCUT2D eigenvalue weighted by molar-refractivity contribution is -0.159. The smallest absolute Gasteiger partial charge is 0.414 e. The van der Waals surface area contributed by atoms with E-state index in [1.165, 1.54) is 4.68 Å². The van der Waals surface area contributed by atoms with Crippen LogP contribution in [0.3, 0.4) is 0 Å². The number of aromatic nitrogens is 2. The van der Waals surface area contributed by atoms with Gasteiger partial charge in [0.1, 0.15) is 12.4 Å². The summed E-state index contributed by atoms with van der Waals surface area (Å²) in [5.74, 6) is -2.93. The first-order valence-electron chi connectivity index (χ1n) is 7.68. The maximum Gasteiger partial charge on any atom is 0.414 e. The van der Waals surface area contributed by atoms with Crippen LogP contribution >= 0.6 is 11.6 Å².